The Bertz CT molecular complexity index is 881. The second kappa shape index (κ2) is 6.43. The van der Waals surface area contributed by atoms with E-state index in [2.05, 4.69) is 9.97 Å². The SMILES string of the molecule is CSc1ncnc2c1c(-c1ccoc1)cn2[C@@H]1O[C@H](CO)[C@@H](O)[C@H]1O. The fourth-order valence-corrected chi connectivity index (χ4v) is 3.71. The van der Waals surface area contributed by atoms with E-state index in [0.29, 0.717) is 5.65 Å². The number of hydrogen-bond donors (Lipinski definition) is 3. The molecule has 0 spiro atoms. The molecule has 1 aliphatic rings. The monoisotopic (exact) mass is 363 g/mol. The summed E-state index contributed by atoms with van der Waals surface area (Å²) in [6, 6.07) is 1.83. The summed E-state index contributed by atoms with van der Waals surface area (Å²) in [6.45, 7) is -0.381. The van der Waals surface area contributed by atoms with Gasteiger partial charge < -0.3 is 29.0 Å². The maximum Gasteiger partial charge on any atom is 0.164 e. The molecular weight excluding hydrogens is 346 g/mol. The Balaban J connectivity index is 1.91. The molecular formula is C16H17N3O5S. The van der Waals surface area contributed by atoms with Gasteiger partial charge in [-0.15, -0.1) is 11.8 Å². The minimum atomic E-state index is -1.18. The predicted molar refractivity (Wildman–Crippen MR) is 90.0 cm³/mol. The fourth-order valence-electron chi connectivity index (χ4n) is 3.15. The summed E-state index contributed by atoms with van der Waals surface area (Å²) in [5.74, 6) is 0. The number of aromatic nitrogens is 3. The highest BCUT2D eigenvalue weighted by molar-refractivity contribution is 7.98. The molecule has 4 heterocycles. The molecule has 25 heavy (non-hydrogen) atoms. The van der Waals surface area contributed by atoms with E-state index in [1.54, 1.807) is 23.3 Å². The van der Waals surface area contributed by atoms with Gasteiger partial charge in [-0.3, -0.25) is 0 Å². The van der Waals surface area contributed by atoms with Crippen molar-refractivity contribution >= 4 is 22.8 Å². The first kappa shape index (κ1) is 16.6. The normalized spacial score (nSPS) is 26.6. The van der Waals surface area contributed by atoms with Gasteiger partial charge in [0, 0.05) is 17.3 Å². The van der Waals surface area contributed by atoms with E-state index in [1.165, 1.54) is 18.1 Å². The lowest BCUT2D eigenvalue weighted by Crippen LogP contribution is -2.33. The van der Waals surface area contributed by atoms with Crippen molar-refractivity contribution in [3.05, 3.63) is 31.1 Å². The molecule has 0 saturated carbocycles. The van der Waals surface area contributed by atoms with Crippen molar-refractivity contribution in [2.24, 2.45) is 0 Å². The molecule has 0 aromatic carbocycles. The maximum atomic E-state index is 10.4. The fraction of sp³-hybridized carbons (Fsp3) is 0.375. The molecule has 0 amide bonds. The highest BCUT2D eigenvalue weighted by Crippen LogP contribution is 2.39. The van der Waals surface area contributed by atoms with Crippen molar-refractivity contribution in [3.8, 4) is 11.1 Å². The van der Waals surface area contributed by atoms with Crippen LogP contribution in [0.4, 0.5) is 0 Å². The average Bonchev–Trinajstić information content (AvgIpc) is 3.34. The standard InChI is InChI=1S/C16H17N3O5S/c1-25-15-11-9(8-2-3-23-6-8)4-19(14(11)17-7-18-15)16-13(22)12(21)10(5-20)24-16/h2-4,6-7,10,12-13,16,20-22H,5H2,1H3/t10-,12-,13-,16-/m1/s1. The van der Waals surface area contributed by atoms with E-state index in [0.717, 1.165) is 21.5 Å². The van der Waals surface area contributed by atoms with Crippen molar-refractivity contribution in [1.29, 1.82) is 0 Å². The number of fused-ring (bicyclic) bond motifs is 1. The van der Waals surface area contributed by atoms with Crippen molar-refractivity contribution in [2.75, 3.05) is 12.9 Å². The highest BCUT2D eigenvalue weighted by Gasteiger charge is 2.44. The molecule has 0 bridgehead atoms. The first-order valence-corrected chi connectivity index (χ1v) is 8.92. The Morgan fingerprint density at radius 2 is 2.12 bits per heavy atom. The Morgan fingerprint density at radius 3 is 2.76 bits per heavy atom. The van der Waals surface area contributed by atoms with Crippen molar-refractivity contribution < 1.29 is 24.5 Å². The quantitative estimate of drug-likeness (QED) is 0.465. The van der Waals surface area contributed by atoms with Crippen LogP contribution in [-0.4, -0.2) is 61.0 Å². The van der Waals surface area contributed by atoms with Crippen LogP contribution in [0.25, 0.3) is 22.2 Å². The largest absolute Gasteiger partial charge is 0.472 e. The predicted octanol–water partition coefficient (Wildman–Crippen LogP) is 1.02. The second-order valence-corrected chi connectivity index (χ2v) is 6.57. The molecule has 4 rings (SSSR count). The summed E-state index contributed by atoms with van der Waals surface area (Å²) >= 11 is 1.48. The zero-order valence-electron chi connectivity index (χ0n) is 13.3. The number of aliphatic hydroxyl groups excluding tert-OH is 3. The van der Waals surface area contributed by atoms with Crippen molar-refractivity contribution in [1.82, 2.24) is 14.5 Å². The van der Waals surface area contributed by atoms with Crippen LogP contribution in [-0.2, 0) is 4.74 Å². The summed E-state index contributed by atoms with van der Waals surface area (Å²) in [4.78, 5) is 8.66. The maximum absolute atomic E-state index is 10.4. The van der Waals surface area contributed by atoms with Gasteiger partial charge in [-0.25, -0.2) is 9.97 Å². The zero-order valence-corrected chi connectivity index (χ0v) is 14.1. The van der Waals surface area contributed by atoms with Crippen LogP contribution in [0, 0.1) is 0 Å². The number of aliphatic hydroxyl groups is 3. The van der Waals surface area contributed by atoms with Crippen LogP contribution in [0.1, 0.15) is 6.23 Å². The molecule has 0 unspecified atom stereocenters. The minimum Gasteiger partial charge on any atom is -0.472 e. The van der Waals surface area contributed by atoms with Gasteiger partial charge in [0.1, 0.15) is 35.3 Å². The van der Waals surface area contributed by atoms with Gasteiger partial charge in [0.05, 0.1) is 24.5 Å². The molecule has 1 fully saturated rings. The minimum absolute atomic E-state index is 0.381. The molecule has 132 valence electrons. The van der Waals surface area contributed by atoms with E-state index in [4.69, 9.17) is 9.15 Å². The van der Waals surface area contributed by atoms with Gasteiger partial charge >= 0.3 is 0 Å². The summed E-state index contributed by atoms with van der Waals surface area (Å²) in [5, 5.41) is 31.3. The van der Waals surface area contributed by atoms with Crippen LogP contribution >= 0.6 is 11.8 Å². The lowest BCUT2D eigenvalue weighted by atomic mass is 10.1. The first-order valence-electron chi connectivity index (χ1n) is 7.70. The lowest BCUT2D eigenvalue weighted by molar-refractivity contribution is -0.0508. The zero-order chi connectivity index (χ0) is 17.6. The highest BCUT2D eigenvalue weighted by atomic mass is 32.2. The lowest BCUT2D eigenvalue weighted by Gasteiger charge is -2.17. The molecule has 3 N–H and O–H groups in total. The van der Waals surface area contributed by atoms with Crippen LogP contribution in [0.3, 0.4) is 0 Å². The second-order valence-electron chi connectivity index (χ2n) is 5.77. The number of rotatable bonds is 4. The first-order chi connectivity index (χ1) is 12.2. The van der Waals surface area contributed by atoms with Gasteiger partial charge in [0.15, 0.2) is 6.23 Å². The number of thioether (sulfide) groups is 1. The molecule has 9 heteroatoms. The van der Waals surface area contributed by atoms with Crippen molar-refractivity contribution in [2.45, 2.75) is 29.6 Å². The number of furan rings is 1. The van der Waals surface area contributed by atoms with E-state index in [9.17, 15) is 15.3 Å². The van der Waals surface area contributed by atoms with E-state index in [-0.39, 0.29) is 6.61 Å². The smallest absolute Gasteiger partial charge is 0.164 e. The molecule has 1 aliphatic heterocycles. The third kappa shape index (κ3) is 2.55. The summed E-state index contributed by atoms with van der Waals surface area (Å²) < 4.78 is 12.5. The molecule has 3 aromatic heterocycles. The van der Waals surface area contributed by atoms with Crippen LogP contribution in [0.5, 0.6) is 0 Å². The van der Waals surface area contributed by atoms with E-state index in [1.807, 2.05) is 12.3 Å². The van der Waals surface area contributed by atoms with Gasteiger partial charge in [-0.05, 0) is 12.3 Å². The van der Waals surface area contributed by atoms with E-state index >= 15 is 0 Å². The topological polar surface area (TPSA) is 114 Å². The van der Waals surface area contributed by atoms with Gasteiger partial charge in [-0.1, -0.05) is 0 Å². The van der Waals surface area contributed by atoms with Gasteiger partial charge in [-0.2, -0.15) is 0 Å². The van der Waals surface area contributed by atoms with Crippen LogP contribution in [0.2, 0.25) is 0 Å². The third-order valence-corrected chi connectivity index (χ3v) is 5.09. The Labute approximate surface area is 147 Å². The molecule has 8 nitrogen and oxygen atoms in total. The average molecular weight is 363 g/mol. The number of hydrogen-bond acceptors (Lipinski definition) is 8. The molecule has 1 saturated heterocycles. The molecule has 0 aliphatic carbocycles. The molecule has 3 aromatic rings. The van der Waals surface area contributed by atoms with Gasteiger partial charge in [0.2, 0.25) is 0 Å². The summed E-state index contributed by atoms with van der Waals surface area (Å²) in [6.07, 6.45) is 4.29. The van der Waals surface area contributed by atoms with Crippen molar-refractivity contribution in [3.63, 3.8) is 0 Å². The molecule has 0 radical (unpaired) electrons. The van der Waals surface area contributed by atoms with E-state index < -0.39 is 24.5 Å². The Hall–Kier alpha value is -1.91. The number of nitrogens with zero attached hydrogens (tertiary/aromatic N) is 3. The number of ether oxygens (including phenoxy) is 1. The summed E-state index contributed by atoms with van der Waals surface area (Å²) in [7, 11) is 0. The van der Waals surface area contributed by atoms with Crippen LogP contribution in [0.15, 0.2) is 40.6 Å². The van der Waals surface area contributed by atoms with Crippen LogP contribution < -0.4 is 0 Å². The molecule has 4 atom stereocenters. The van der Waals surface area contributed by atoms with Gasteiger partial charge in [0.25, 0.3) is 0 Å². The Kier molecular flexibility index (Phi) is 4.26. The third-order valence-electron chi connectivity index (χ3n) is 4.39. The summed E-state index contributed by atoms with van der Waals surface area (Å²) in [5.41, 5.74) is 2.26. The Morgan fingerprint density at radius 1 is 1.28 bits per heavy atom.